The summed E-state index contributed by atoms with van der Waals surface area (Å²) in [6.45, 7) is 4.46. The predicted octanol–water partition coefficient (Wildman–Crippen LogP) is 3.28. The van der Waals surface area contributed by atoms with E-state index in [1.54, 1.807) is 16.8 Å². The zero-order valence-corrected chi connectivity index (χ0v) is 11.7. The van der Waals surface area contributed by atoms with Crippen LogP contribution in [0.1, 0.15) is 30.0 Å². The number of hydrogen-bond donors (Lipinski definition) is 1. The van der Waals surface area contributed by atoms with Gasteiger partial charge in [-0.3, -0.25) is 4.68 Å². The summed E-state index contributed by atoms with van der Waals surface area (Å²) in [5.74, 6) is -0.358. The zero-order chi connectivity index (χ0) is 14.0. The van der Waals surface area contributed by atoms with E-state index < -0.39 is 6.10 Å². The second-order valence-corrected chi connectivity index (χ2v) is 4.81. The molecular weight excluding hydrogens is 267 g/mol. The number of aromatic nitrogens is 2. The van der Waals surface area contributed by atoms with Crippen molar-refractivity contribution in [1.29, 1.82) is 0 Å². The monoisotopic (exact) mass is 282 g/mol. The average Bonchev–Trinajstić information content (AvgIpc) is 2.66. The maximum absolute atomic E-state index is 13.1. The molecule has 0 saturated carbocycles. The van der Waals surface area contributed by atoms with E-state index in [-0.39, 0.29) is 5.82 Å². The molecule has 0 fully saturated rings. The summed E-state index contributed by atoms with van der Waals surface area (Å²) in [4.78, 5) is 0. The summed E-state index contributed by atoms with van der Waals surface area (Å²) < 4.78 is 14.9. The predicted molar refractivity (Wildman–Crippen MR) is 72.7 cm³/mol. The second kappa shape index (κ2) is 5.72. The summed E-state index contributed by atoms with van der Waals surface area (Å²) in [5.41, 5.74) is 2.06. The molecule has 1 heterocycles. The molecule has 0 saturated heterocycles. The van der Waals surface area contributed by atoms with E-state index in [1.165, 1.54) is 12.1 Å². The first-order valence-corrected chi connectivity index (χ1v) is 6.56. The summed E-state index contributed by atoms with van der Waals surface area (Å²) >= 11 is 6.19. The van der Waals surface area contributed by atoms with Crippen molar-refractivity contribution in [2.45, 2.75) is 32.9 Å². The fourth-order valence-corrected chi connectivity index (χ4v) is 2.29. The molecule has 102 valence electrons. The van der Waals surface area contributed by atoms with Crippen LogP contribution in [0.3, 0.4) is 0 Å². The Morgan fingerprint density at radius 3 is 2.84 bits per heavy atom. The van der Waals surface area contributed by atoms with Crippen LogP contribution < -0.4 is 0 Å². The Labute approximate surface area is 116 Å². The molecule has 1 aromatic carbocycles. The van der Waals surface area contributed by atoms with Gasteiger partial charge >= 0.3 is 0 Å². The van der Waals surface area contributed by atoms with Gasteiger partial charge in [-0.25, -0.2) is 4.39 Å². The van der Waals surface area contributed by atoms with Crippen LogP contribution in [0, 0.1) is 12.7 Å². The maximum atomic E-state index is 13.1. The third-order valence-corrected chi connectivity index (χ3v) is 3.56. The van der Waals surface area contributed by atoms with Gasteiger partial charge in [0.25, 0.3) is 0 Å². The standard InChI is InChI=1S/C14H16ClFN2O/c1-3-18-12(14(15)9(2)17-18)8-13(19)10-5-4-6-11(16)7-10/h4-7,13,19H,3,8H2,1-2H3. The number of aryl methyl sites for hydroxylation is 2. The topological polar surface area (TPSA) is 38.0 Å². The largest absolute Gasteiger partial charge is 0.388 e. The maximum Gasteiger partial charge on any atom is 0.123 e. The lowest BCUT2D eigenvalue weighted by atomic mass is 10.0. The van der Waals surface area contributed by atoms with E-state index in [0.29, 0.717) is 23.6 Å². The number of halogens is 2. The lowest BCUT2D eigenvalue weighted by Gasteiger charge is -2.12. The summed E-state index contributed by atoms with van der Waals surface area (Å²) in [6.07, 6.45) is -0.480. The molecule has 1 N–H and O–H groups in total. The molecule has 3 nitrogen and oxygen atoms in total. The molecule has 0 radical (unpaired) electrons. The van der Waals surface area contributed by atoms with Gasteiger partial charge in [0.15, 0.2) is 0 Å². The van der Waals surface area contributed by atoms with Crippen LogP contribution in [-0.4, -0.2) is 14.9 Å². The number of hydrogen-bond acceptors (Lipinski definition) is 2. The van der Waals surface area contributed by atoms with E-state index in [0.717, 1.165) is 11.4 Å². The Bertz CT molecular complexity index is 583. The van der Waals surface area contributed by atoms with Crippen molar-refractivity contribution >= 4 is 11.6 Å². The molecule has 2 rings (SSSR count). The van der Waals surface area contributed by atoms with Gasteiger partial charge in [0.05, 0.1) is 22.5 Å². The molecule has 0 aliphatic carbocycles. The molecule has 2 aromatic rings. The number of aliphatic hydroxyl groups excluding tert-OH is 1. The van der Waals surface area contributed by atoms with Crippen LogP contribution in [0.15, 0.2) is 24.3 Å². The van der Waals surface area contributed by atoms with E-state index in [9.17, 15) is 9.50 Å². The molecular formula is C14H16ClFN2O. The molecule has 1 unspecified atom stereocenters. The molecule has 5 heteroatoms. The summed E-state index contributed by atoms with van der Waals surface area (Å²) in [7, 11) is 0. The highest BCUT2D eigenvalue weighted by molar-refractivity contribution is 6.31. The molecule has 0 amide bonds. The van der Waals surface area contributed by atoms with Gasteiger partial charge in [-0.15, -0.1) is 0 Å². The van der Waals surface area contributed by atoms with Crippen LogP contribution in [0.5, 0.6) is 0 Å². The number of rotatable bonds is 4. The van der Waals surface area contributed by atoms with E-state index >= 15 is 0 Å². The molecule has 19 heavy (non-hydrogen) atoms. The van der Waals surface area contributed by atoms with E-state index in [2.05, 4.69) is 5.10 Å². The average molecular weight is 283 g/mol. The van der Waals surface area contributed by atoms with Gasteiger partial charge in [0.2, 0.25) is 0 Å². The van der Waals surface area contributed by atoms with Crippen molar-refractivity contribution in [2.24, 2.45) is 0 Å². The van der Waals surface area contributed by atoms with Crippen molar-refractivity contribution in [3.8, 4) is 0 Å². The number of nitrogens with zero attached hydrogens (tertiary/aromatic N) is 2. The van der Waals surface area contributed by atoms with E-state index in [1.807, 2.05) is 13.8 Å². The first-order chi connectivity index (χ1) is 9.02. The highest BCUT2D eigenvalue weighted by Crippen LogP contribution is 2.26. The molecule has 0 aliphatic heterocycles. The van der Waals surface area contributed by atoms with Gasteiger partial charge in [-0.2, -0.15) is 5.10 Å². The third kappa shape index (κ3) is 2.96. The molecule has 0 aliphatic rings. The molecule has 1 aromatic heterocycles. The summed E-state index contributed by atoms with van der Waals surface area (Å²) in [5, 5.41) is 15.0. The van der Waals surface area contributed by atoms with Crippen molar-refractivity contribution in [1.82, 2.24) is 9.78 Å². The summed E-state index contributed by atoms with van der Waals surface area (Å²) in [6, 6.07) is 5.96. The Morgan fingerprint density at radius 2 is 2.21 bits per heavy atom. The highest BCUT2D eigenvalue weighted by atomic mass is 35.5. The minimum atomic E-state index is -0.797. The minimum Gasteiger partial charge on any atom is -0.388 e. The Hall–Kier alpha value is -1.39. The van der Waals surface area contributed by atoms with Crippen molar-refractivity contribution in [3.63, 3.8) is 0 Å². The smallest absolute Gasteiger partial charge is 0.123 e. The van der Waals surface area contributed by atoms with Gasteiger partial charge in [0, 0.05) is 13.0 Å². The Kier molecular flexibility index (Phi) is 4.22. The quantitative estimate of drug-likeness (QED) is 0.934. The van der Waals surface area contributed by atoms with Gasteiger partial charge in [0.1, 0.15) is 5.82 Å². The first-order valence-electron chi connectivity index (χ1n) is 6.18. The Morgan fingerprint density at radius 1 is 1.47 bits per heavy atom. The minimum absolute atomic E-state index is 0.316. The SMILES string of the molecule is CCn1nc(C)c(Cl)c1CC(O)c1cccc(F)c1. The highest BCUT2D eigenvalue weighted by Gasteiger charge is 2.17. The van der Waals surface area contributed by atoms with Crippen LogP contribution in [0.2, 0.25) is 5.02 Å². The zero-order valence-electron chi connectivity index (χ0n) is 10.9. The molecule has 0 spiro atoms. The number of aliphatic hydroxyl groups is 1. The van der Waals surface area contributed by atoms with Gasteiger partial charge in [-0.05, 0) is 31.5 Å². The van der Waals surface area contributed by atoms with Crippen molar-refractivity contribution in [2.75, 3.05) is 0 Å². The van der Waals surface area contributed by atoms with Crippen LogP contribution in [0.25, 0.3) is 0 Å². The lowest BCUT2D eigenvalue weighted by Crippen LogP contribution is -2.09. The first kappa shape index (κ1) is 14.0. The molecule has 1 atom stereocenters. The van der Waals surface area contributed by atoms with Crippen molar-refractivity contribution < 1.29 is 9.50 Å². The fourth-order valence-electron chi connectivity index (χ4n) is 2.08. The lowest BCUT2D eigenvalue weighted by molar-refractivity contribution is 0.175. The Balaban J connectivity index is 2.26. The third-order valence-electron chi connectivity index (χ3n) is 3.07. The van der Waals surface area contributed by atoms with Gasteiger partial charge in [-0.1, -0.05) is 23.7 Å². The van der Waals surface area contributed by atoms with E-state index in [4.69, 9.17) is 11.6 Å². The van der Waals surface area contributed by atoms with Gasteiger partial charge < -0.3 is 5.11 Å². The second-order valence-electron chi connectivity index (χ2n) is 4.44. The molecule has 0 bridgehead atoms. The fraction of sp³-hybridized carbons (Fsp3) is 0.357. The van der Waals surface area contributed by atoms with Crippen LogP contribution in [-0.2, 0) is 13.0 Å². The number of benzene rings is 1. The van der Waals surface area contributed by atoms with Crippen LogP contribution in [0.4, 0.5) is 4.39 Å². The van der Waals surface area contributed by atoms with Crippen molar-refractivity contribution in [3.05, 3.63) is 52.1 Å². The normalized spacial score (nSPS) is 12.7. The van der Waals surface area contributed by atoms with Crippen LogP contribution >= 0.6 is 11.6 Å².